The Morgan fingerprint density at radius 3 is 1.17 bits per heavy atom. The molecular formula is C28H32Si. The third kappa shape index (κ3) is 2.95. The summed E-state index contributed by atoms with van der Waals surface area (Å²) in [4.78, 5) is 0. The maximum Gasteiger partial charge on any atom is 0.173 e. The quantitative estimate of drug-likeness (QED) is 0.544. The third-order valence-corrected chi connectivity index (χ3v) is 12.8. The monoisotopic (exact) mass is 396 g/mol. The van der Waals surface area contributed by atoms with E-state index in [2.05, 4.69) is 114 Å². The minimum absolute atomic E-state index is 0.468. The first-order valence-electron chi connectivity index (χ1n) is 10.8. The van der Waals surface area contributed by atoms with E-state index in [1.807, 2.05) is 0 Å². The van der Waals surface area contributed by atoms with Crippen molar-refractivity contribution >= 4 is 18.4 Å². The molecule has 0 radical (unpaired) electrons. The Balaban J connectivity index is 2.18. The summed E-state index contributed by atoms with van der Waals surface area (Å²) in [6.07, 6.45) is 4.96. The summed E-state index contributed by atoms with van der Waals surface area (Å²) in [7, 11) is -2.36. The van der Waals surface area contributed by atoms with Crippen molar-refractivity contribution in [2.45, 2.75) is 41.5 Å². The van der Waals surface area contributed by atoms with Crippen molar-refractivity contribution < 1.29 is 0 Å². The van der Waals surface area contributed by atoms with Crippen LogP contribution in [0, 0.1) is 11.8 Å². The SMILES string of the molecule is CC1=CC(C)C([Si](C2=C(C)C(C)=CC2C)(c2ccccc2)c2ccccc2)=C1C. The average molecular weight is 397 g/mol. The Morgan fingerprint density at radius 2 is 0.897 bits per heavy atom. The standard InChI is InChI=1S/C28H32Si/c1-19-17-21(3)27(23(19)5)29(25-13-9-7-10-14-25,26-15-11-8-12-16-26)28-22(4)18-20(2)24(28)6/h7-18,21-22H,1-6H3. The fourth-order valence-corrected chi connectivity index (χ4v) is 12.1. The maximum atomic E-state index is 2.48. The summed E-state index contributed by atoms with van der Waals surface area (Å²) in [6.45, 7) is 14.1. The minimum atomic E-state index is -2.36. The Labute approximate surface area is 177 Å². The van der Waals surface area contributed by atoms with E-state index >= 15 is 0 Å². The van der Waals surface area contributed by atoms with Crippen LogP contribution < -0.4 is 10.4 Å². The molecule has 0 aromatic heterocycles. The van der Waals surface area contributed by atoms with Gasteiger partial charge in [-0.05, 0) is 49.9 Å². The predicted molar refractivity (Wildman–Crippen MR) is 129 cm³/mol. The van der Waals surface area contributed by atoms with Crippen molar-refractivity contribution in [1.82, 2.24) is 0 Å². The lowest BCUT2D eigenvalue weighted by molar-refractivity contribution is 0.894. The molecule has 2 aromatic carbocycles. The second-order valence-electron chi connectivity index (χ2n) is 8.84. The third-order valence-electron chi connectivity index (χ3n) is 7.12. The van der Waals surface area contributed by atoms with Crippen LogP contribution in [0.15, 0.2) is 106 Å². The number of hydrogen-bond acceptors (Lipinski definition) is 0. The molecule has 2 atom stereocenters. The molecule has 2 aliphatic carbocycles. The van der Waals surface area contributed by atoms with Gasteiger partial charge < -0.3 is 0 Å². The Bertz CT molecular complexity index is 961. The Hall–Kier alpha value is -2.38. The van der Waals surface area contributed by atoms with Gasteiger partial charge in [0.15, 0.2) is 8.07 Å². The normalized spacial score (nSPS) is 22.3. The van der Waals surface area contributed by atoms with Gasteiger partial charge in [-0.2, -0.15) is 0 Å². The fourth-order valence-electron chi connectivity index (χ4n) is 5.83. The van der Waals surface area contributed by atoms with Crippen molar-refractivity contribution in [1.29, 1.82) is 0 Å². The van der Waals surface area contributed by atoms with Crippen LogP contribution in [0.5, 0.6) is 0 Å². The molecule has 0 amide bonds. The van der Waals surface area contributed by atoms with E-state index in [1.165, 1.54) is 32.7 Å². The number of allylic oxidation sites excluding steroid dienone is 8. The van der Waals surface area contributed by atoms with Gasteiger partial charge in [-0.1, -0.05) is 119 Å². The maximum absolute atomic E-state index is 2.48. The van der Waals surface area contributed by atoms with E-state index in [1.54, 1.807) is 10.4 Å². The second kappa shape index (κ2) is 7.46. The van der Waals surface area contributed by atoms with Crippen LogP contribution in [0.4, 0.5) is 0 Å². The molecule has 0 aliphatic heterocycles. The smallest absolute Gasteiger partial charge is 0.0748 e. The van der Waals surface area contributed by atoms with E-state index in [4.69, 9.17) is 0 Å². The zero-order valence-electron chi connectivity index (χ0n) is 18.6. The highest BCUT2D eigenvalue weighted by Crippen LogP contribution is 2.45. The molecule has 0 fully saturated rings. The molecule has 0 bridgehead atoms. The summed E-state index contributed by atoms with van der Waals surface area (Å²) in [5.74, 6) is 0.936. The molecule has 0 heterocycles. The molecule has 4 rings (SSSR count). The van der Waals surface area contributed by atoms with Gasteiger partial charge in [-0.15, -0.1) is 0 Å². The van der Waals surface area contributed by atoms with Gasteiger partial charge in [0.1, 0.15) is 0 Å². The van der Waals surface area contributed by atoms with Gasteiger partial charge in [-0.3, -0.25) is 0 Å². The molecule has 29 heavy (non-hydrogen) atoms. The van der Waals surface area contributed by atoms with Crippen molar-refractivity contribution in [3.05, 3.63) is 106 Å². The van der Waals surface area contributed by atoms with Gasteiger partial charge in [-0.25, -0.2) is 0 Å². The lowest BCUT2D eigenvalue weighted by atomic mass is 10.2. The first-order valence-corrected chi connectivity index (χ1v) is 12.8. The van der Waals surface area contributed by atoms with Gasteiger partial charge in [0.05, 0.1) is 0 Å². The van der Waals surface area contributed by atoms with Crippen LogP contribution in [0.25, 0.3) is 0 Å². The number of benzene rings is 2. The lowest BCUT2D eigenvalue weighted by Crippen LogP contribution is -2.64. The zero-order valence-corrected chi connectivity index (χ0v) is 19.6. The van der Waals surface area contributed by atoms with E-state index in [0.29, 0.717) is 11.8 Å². The number of hydrogen-bond donors (Lipinski definition) is 0. The molecule has 2 aliphatic rings. The summed E-state index contributed by atoms with van der Waals surface area (Å²) < 4.78 is 0. The van der Waals surface area contributed by atoms with Gasteiger partial charge >= 0.3 is 0 Å². The fraction of sp³-hybridized carbons (Fsp3) is 0.286. The highest BCUT2D eigenvalue weighted by molar-refractivity contribution is 7.12. The summed E-state index contributed by atoms with van der Waals surface area (Å²) in [5, 5.41) is 6.38. The van der Waals surface area contributed by atoms with Crippen LogP contribution >= 0.6 is 0 Å². The van der Waals surface area contributed by atoms with Crippen LogP contribution in [0.3, 0.4) is 0 Å². The molecule has 148 valence electrons. The van der Waals surface area contributed by atoms with Crippen LogP contribution in [-0.4, -0.2) is 8.07 Å². The van der Waals surface area contributed by atoms with Crippen LogP contribution in [-0.2, 0) is 0 Å². The van der Waals surface area contributed by atoms with Gasteiger partial charge in [0.25, 0.3) is 0 Å². The van der Waals surface area contributed by atoms with E-state index in [9.17, 15) is 0 Å². The van der Waals surface area contributed by atoms with Crippen molar-refractivity contribution in [2.24, 2.45) is 11.8 Å². The molecular weight excluding hydrogens is 364 g/mol. The summed E-state index contributed by atoms with van der Waals surface area (Å²) in [6, 6.07) is 22.8. The minimum Gasteiger partial charge on any atom is -0.0748 e. The highest BCUT2D eigenvalue weighted by atomic mass is 28.3. The zero-order chi connectivity index (χ0) is 20.8. The van der Waals surface area contributed by atoms with E-state index in [0.717, 1.165) is 0 Å². The molecule has 0 N–H and O–H groups in total. The highest BCUT2D eigenvalue weighted by Gasteiger charge is 2.50. The molecule has 2 unspecified atom stereocenters. The van der Waals surface area contributed by atoms with Gasteiger partial charge in [0, 0.05) is 0 Å². The van der Waals surface area contributed by atoms with Crippen LogP contribution in [0.2, 0.25) is 0 Å². The van der Waals surface area contributed by atoms with Crippen molar-refractivity contribution in [3.8, 4) is 0 Å². The Morgan fingerprint density at radius 1 is 0.552 bits per heavy atom. The molecule has 0 saturated carbocycles. The van der Waals surface area contributed by atoms with E-state index < -0.39 is 8.07 Å². The average Bonchev–Trinajstić information content (AvgIpc) is 3.13. The summed E-state index contributed by atoms with van der Waals surface area (Å²) >= 11 is 0. The predicted octanol–water partition coefficient (Wildman–Crippen LogP) is 6.15. The number of rotatable bonds is 4. The topological polar surface area (TPSA) is 0 Å². The summed E-state index contributed by atoms with van der Waals surface area (Å²) in [5.41, 5.74) is 5.91. The van der Waals surface area contributed by atoms with Crippen molar-refractivity contribution in [2.75, 3.05) is 0 Å². The second-order valence-corrected chi connectivity index (χ2v) is 12.6. The Kier molecular flexibility index (Phi) is 5.12. The van der Waals surface area contributed by atoms with E-state index in [-0.39, 0.29) is 0 Å². The lowest BCUT2D eigenvalue weighted by Gasteiger charge is -2.41. The first kappa shape index (κ1) is 19.9. The van der Waals surface area contributed by atoms with Crippen LogP contribution in [0.1, 0.15) is 41.5 Å². The molecule has 0 spiro atoms. The first-order chi connectivity index (χ1) is 13.9. The molecule has 0 nitrogen and oxygen atoms in total. The largest absolute Gasteiger partial charge is 0.173 e. The van der Waals surface area contributed by atoms with Gasteiger partial charge in [0.2, 0.25) is 0 Å². The molecule has 0 saturated heterocycles. The van der Waals surface area contributed by atoms with Crippen molar-refractivity contribution in [3.63, 3.8) is 0 Å². The molecule has 2 aromatic rings. The molecule has 1 heteroatoms.